The molecule has 2 rings (SSSR count). The maximum atomic E-state index is 5.60. The van der Waals surface area contributed by atoms with Gasteiger partial charge in [-0.2, -0.15) is 0 Å². The average Bonchev–Trinajstić information content (AvgIpc) is 2.66. The van der Waals surface area contributed by atoms with Crippen molar-refractivity contribution < 1.29 is 18.9 Å². The molecule has 25 heavy (non-hydrogen) atoms. The van der Waals surface area contributed by atoms with Crippen molar-refractivity contribution in [2.45, 2.75) is 26.4 Å². The first-order valence-electron chi connectivity index (χ1n) is 8.43. The van der Waals surface area contributed by atoms with Crippen molar-refractivity contribution in [1.82, 2.24) is 5.32 Å². The zero-order chi connectivity index (χ0) is 18.1. The zero-order valence-corrected chi connectivity index (χ0v) is 15.4. The maximum Gasteiger partial charge on any atom is 0.203 e. The first-order valence-corrected chi connectivity index (χ1v) is 8.43. The highest BCUT2D eigenvalue weighted by Crippen LogP contribution is 2.39. The first kappa shape index (κ1) is 18.9. The van der Waals surface area contributed by atoms with Crippen LogP contribution in [0.1, 0.15) is 24.5 Å². The SMILES string of the molecule is CCCOc1ccc(CNCc2ccc(OC)c(OC)c2OC)cc1. The minimum absolute atomic E-state index is 0.613. The molecular weight excluding hydrogens is 318 g/mol. The van der Waals surface area contributed by atoms with Crippen LogP contribution in [0.2, 0.25) is 0 Å². The van der Waals surface area contributed by atoms with E-state index < -0.39 is 0 Å². The Morgan fingerprint density at radius 3 is 2.12 bits per heavy atom. The Bertz CT molecular complexity index is 655. The van der Waals surface area contributed by atoms with Crippen molar-refractivity contribution in [2.75, 3.05) is 27.9 Å². The van der Waals surface area contributed by atoms with Gasteiger partial charge < -0.3 is 24.3 Å². The number of hydrogen-bond donors (Lipinski definition) is 1. The fraction of sp³-hybridized carbons (Fsp3) is 0.400. The van der Waals surface area contributed by atoms with Crippen LogP contribution < -0.4 is 24.3 Å². The van der Waals surface area contributed by atoms with E-state index in [1.165, 1.54) is 5.56 Å². The van der Waals surface area contributed by atoms with Crippen LogP contribution in [0.4, 0.5) is 0 Å². The predicted molar refractivity (Wildman–Crippen MR) is 98.9 cm³/mol. The number of nitrogens with one attached hydrogen (secondary N) is 1. The van der Waals surface area contributed by atoms with Crippen LogP contribution in [0.25, 0.3) is 0 Å². The second-order valence-corrected chi connectivity index (χ2v) is 5.59. The molecule has 5 heteroatoms. The average molecular weight is 345 g/mol. The molecule has 0 fully saturated rings. The Morgan fingerprint density at radius 1 is 0.800 bits per heavy atom. The summed E-state index contributed by atoms with van der Waals surface area (Å²) in [5.74, 6) is 2.87. The van der Waals surface area contributed by atoms with E-state index in [2.05, 4.69) is 24.4 Å². The van der Waals surface area contributed by atoms with Crippen molar-refractivity contribution in [3.05, 3.63) is 47.5 Å². The summed E-state index contributed by atoms with van der Waals surface area (Å²) in [5.41, 5.74) is 2.21. The van der Waals surface area contributed by atoms with E-state index >= 15 is 0 Å². The van der Waals surface area contributed by atoms with Crippen LogP contribution >= 0.6 is 0 Å². The molecule has 0 amide bonds. The molecule has 0 aliphatic rings. The molecule has 0 aromatic heterocycles. The third kappa shape index (κ3) is 5.03. The molecule has 136 valence electrons. The van der Waals surface area contributed by atoms with Crippen LogP contribution in [-0.2, 0) is 13.1 Å². The standard InChI is InChI=1S/C20H27NO4/c1-5-12-25-17-9-6-15(7-10-17)13-21-14-16-8-11-18(22-2)20(24-4)19(16)23-3/h6-11,21H,5,12-14H2,1-4H3. The van der Waals surface area contributed by atoms with Gasteiger partial charge in [0, 0.05) is 18.7 Å². The van der Waals surface area contributed by atoms with Gasteiger partial charge >= 0.3 is 0 Å². The van der Waals surface area contributed by atoms with Gasteiger partial charge in [-0.3, -0.25) is 0 Å². The highest BCUT2D eigenvalue weighted by Gasteiger charge is 2.15. The molecule has 0 heterocycles. The van der Waals surface area contributed by atoms with Gasteiger partial charge in [0.1, 0.15) is 5.75 Å². The largest absolute Gasteiger partial charge is 0.494 e. The Balaban J connectivity index is 1.97. The Hall–Kier alpha value is -2.40. The molecule has 0 radical (unpaired) electrons. The molecule has 0 saturated carbocycles. The molecule has 0 aliphatic heterocycles. The molecule has 5 nitrogen and oxygen atoms in total. The molecular formula is C20H27NO4. The summed E-state index contributed by atoms with van der Waals surface area (Å²) < 4.78 is 21.8. The van der Waals surface area contributed by atoms with E-state index in [1.807, 2.05) is 24.3 Å². The van der Waals surface area contributed by atoms with Gasteiger partial charge in [0.15, 0.2) is 11.5 Å². The number of rotatable bonds is 10. The lowest BCUT2D eigenvalue weighted by atomic mass is 10.1. The molecule has 2 aromatic carbocycles. The zero-order valence-electron chi connectivity index (χ0n) is 15.4. The summed E-state index contributed by atoms with van der Waals surface area (Å²) in [4.78, 5) is 0. The molecule has 0 saturated heterocycles. The van der Waals surface area contributed by atoms with E-state index in [1.54, 1.807) is 21.3 Å². The summed E-state index contributed by atoms with van der Waals surface area (Å²) in [5, 5.41) is 3.43. The lowest BCUT2D eigenvalue weighted by Gasteiger charge is -2.16. The smallest absolute Gasteiger partial charge is 0.203 e. The van der Waals surface area contributed by atoms with Gasteiger partial charge in [0.25, 0.3) is 0 Å². The number of methoxy groups -OCH3 is 3. The van der Waals surface area contributed by atoms with Gasteiger partial charge in [-0.1, -0.05) is 25.1 Å². The molecule has 0 aliphatic carbocycles. The Morgan fingerprint density at radius 2 is 1.52 bits per heavy atom. The molecule has 2 aromatic rings. The van der Waals surface area contributed by atoms with Gasteiger partial charge in [0.05, 0.1) is 27.9 Å². The highest BCUT2D eigenvalue weighted by atomic mass is 16.5. The second kappa shape index (κ2) is 9.79. The second-order valence-electron chi connectivity index (χ2n) is 5.59. The summed E-state index contributed by atoms with van der Waals surface area (Å²) in [6, 6.07) is 12.0. The minimum atomic E-state index is 0.613. The number of benzene rings is 2. The minimum Gasteiger partial charge on any atom is -0.494 e. The van der Waals surface area contributed by atoms with Crippen molar-refractivity contribution >= 4 is 0 Å². The van der Waals surface area contributed by atoms with Crippen molar-refractivity contribution in [3.8, 4) is 23.0 Å². The summed E-state index contributed by atoms with van der Waals surface area (Å²) in [6.45, 7) is 4.26. The normalized spacial score (nSPS) is 10.4. The third-order valence-corrected chi connectivity index (χ3v) is 3.83. The lowest BCUT2D eigenvalue weighted by molar-refractivity contribution is 0.317. The van der Waals surface area contributed by atoms with Crippen molar-refractivity contribution in [3.63, 3.8) is 0 Å². The van der Waals surface area contributed by atoms with Gasteiger partial charge in [-0.15, -0.1) is 0 Å². The van der Waals surface area contributed by atoms with E-state index in [4.69, 9.17) is 18.9 Å². The van der Waals surface area contributed by atoms with Crippen LogP contribution in [0.3, 0.4) is 0 Å². The number of ether oxygens (including phenoxy) is 4. The monoisotopic (exact) mass is 345 g/mol. The first-order chi connectivity index (χ1) is 12.2. The van der Waals surface area contributed by atoms with Crippen LogP contribution in [-0.4, -0.2) is 27.9 Å². The highest BCUT2D eigenvalue weighted by molar-refractivity contribution is 5.55. The summed E-state index contributed by atoms with van der Waals surface area (Å²) in [7, 11) is 4.86. The Labute approximate surface area is 149 Å². The molecule has 0 bridgehead atoms. The van der Waals surface area contributed by atoms with E-state index in [-0.39, 0.29) is 0 Å². The fourth-order valence-electron chi connectivity index (χ4n) is 2.57. The molecule has 1 N–H and O–H groups in total. The van der Waals surface area contributed by atoms with Crippen LogP contribution in [0, 0.1) is 0 Å². The van der Waals surface area contributed by atoms with Crippen molar-refractivity contribution in [1.29, 1.82) is 0 Å². The topological polar surface area (TPSA) is 49.0 Å². The predicted octanol–water partition coefficient (Wildman–Crippen LogP) is 3.79. The van der Waals surface area contributed by atoms with Crippen molar-refractivity contribution in [2.24, 2.45) is 0 Å². The number of hydrogen-bond acceptors (Lipinski definition) is 5. The van der Waals surface area contributed by atoms with Crippen LogP contribution in [0.5, 0.6) is 23.0 Å². The Kier molecular flexibility index (Phi) is 7.41. The van der Waals surface area contributed by atoms with Gasteiger partial charge in [0.2, 0.25) is 5.75 Å². The quantitative estimate of drug-likeness (QED) is 0.710. The van der Waals surface area contributed by atoms with E-state index in [0.717, 1.165) is 30.9 Å². The maximum absolute atomic E-state index is 5.60. The molecule has 0 unspecified atom stereocenters. The lowest BCUT2D eigenvalue weighted by Crippen LogP contribution is -2.13. The van der Waals surface area contributed by atoms with E-state index in [0.29, 0.717) is 23.8 Å². The third-order valence-electron chi connectivity index (χ3n) is 3.83. The molecule has 0 spiro atoms. The van der Waals surface area contributed by atoms with Crippen LogP contribution in [0.15, 0.2) is 36.4 Å². The fourth-order valence-corrected chi connectivity index (χ4v) is 2.57. The van der Waals surface area contributed by atoms with E-state index in [9.17, 15) is 0 Å². The summed E-state index contributed by atoms with van der Waals surface area (Å²) >= 11 is 0. The summed E-state index contributed by atoms with van der Waals surface area (Å²) in [6.07, 6.45) is 1.01. The van der Waals surface area contributed by atoms with Gasteiger partial charge in [-0.25, -0.2) is 0 Å². The molecule has 0 atom stereocenters. The van der Waals surface area contributed by atoms with Gasteiger partial charge in [-0.05, 0) is 30.2 Å².